The second-order valence-electron chi connectivity index (χ2n) is 9.01. The number of aromatic carboxylic acids is 1. The molecule has 1 aliphatic rings. The highest BCUT2D eigenvalue weighted by molar-refractivity contribution is 5.88. The van der Waals surface area contributed by atoms with Gasteiger partial charge in [0, 0.05) is 18.3 Å². The van der Waals surface area contributed by atoms with E-state index in [1.54, 1.807) is 4.57 Å². The van der Waals surface area contributed by atoms with Crippen molar-refractivity contribution < 1.29 is 19.4 Å². The summed E-state index contributed by atoms with van der Waals surface area (Å²) in [4.78, 5) is 40.3. The molecule has 0 amide bonds. The molecule has 3 heterocycles. The molecule has 0 saturated heterocycles. The van der Waals surface area contributed by atoms with E-state index in [4.69, 9.17) is 4.74 Å². The number of benzene rings is 1. The van der Waals surface area contributed by atoms with E-state index >= 15 is 0 Å². The number of nitrogens with zero attached hydrogens (tertiary/aromatic N) is 2. The number of fused-ring (bicyclic) bond motifs is 3. The Morgan fingerprint density at radius 2 is 1.97 bits per heavy atom. The van der Waals surface area contributed by atoms with Crippen molar-refractivity contribution in [1.29, 1.82) is 0 Å². The molecule has 0 bridgehead atoms. The summed E-state index contributed by atoms with van der Waals surface area (Å²) in [6, 6.07) is 12.6. The lowest BCUT2D eigenvalue weighted by Gasteiger charge is -2.38. The minimum atomic E-state index is -1.27. The van der Waals surface area contributed by atoms with E-state index in [-0.39, 0.29) is 22.7 Å². The van der Waals surface area contributed by atoms with Crippen LogP contribution in [0.2, 0.25) is 0 Å². The molecule has 0 fully saturated rings. The van der Waals surface area contributed by atoms with Gasteiger partial charge in [0.15, 0.2) is 11.7 Å². The number of aldehydes is 1. The Morgan fingerprint density at radius 3 is 2.59 bits per heavy atom. The van der Waals surface area contributed by atoms with E-state index in [9.17, 15) is 19.5 Å². The first kappa shape index (κ1) is 21.5. The highest BCUT2D eigenvalue weighted by Crippen LogP contribution is 2.42. The molecule has 3 aromatic rings. The molecule has 1 atom stereocenters. The standard InChI is InChI=1S/C25H24N2O5/c1-25(2,3)22-10-16-9-21(32-14-15-7-5-4-6-8-15)18(13-28)26-23(16)19-11-20(29)17(24(30)31)12-27(19)22/h4-9,11-13,22H,10,14H2,1-3H3,(H,30,31). The molecule has 0 aliphatic carbocycles. The van der Waals surface area contributed by atoms with Crippen LogP contribution in [0.25, 0.3) is 11.4 Å². The van der Waals surface area contributed by atoms with Gasteiger partial charge in [-0.15, -0.1) is 0 Å². The maximum absolute atomic E-state index is 12.5. The number of rotatable bonds is 5. The molecule has 2 aromatic heterocycles. The van der Waals surface area contributed by atoms with Crippen LogP contribution in [-0.2, 0) is 13.0 Å². The van der Waals surface area contributed by atoms with Crippen molar-refractivity contribution in [3.8, 4) is 17.1 Å². The van der Waals surface area contributed by atoms with Gasteiger partial charge in [-0.1, -0.05) is 51.1 Å². The molecule has 7 nitrogen and oxygen atoms in total. The molecule has 4 rings (SSSR count). The average Bonchev–Trinajstić information content (AvgIpc) is 2.76. The highest BCUT2D eigenvalue weighted by Gasteiger charge is 2.34. The van der Waals surface area contributed by atoms with Gasteiger partial charge in [0.1, 0.15) is 23.6 Å². The lowest BCUT2D eigenvalue weighted by molar-refractivity contribution is 0.0693. The number of hydrogen-bond donors (Lipinski definition) is 1. The Morgan fingerprint density at radius 1 is 1.25 bits per heavy atom. The fourth-order valence-corrected chi connectivity index (χ4v) is 4.05. The zero-order chi connectivity index (χ0) is 23.0. The number of pyridine rings is 2. The monoisotopic (exact) mass is 432 g/mol. The van der Waals surface area contributed by atoms with Gasteiger partial charge in [-0.05, 0) is 29.0 Å². The number of hydrogen-bond acceptors (Lipinski definition) is 5. The third-order valence-electron chi connectivity index (χ3n) is 5.74. The van der Waals surface area contributed by atoms with E-state index in [2.05, 4.69) is 25.8 Å². The van der Waals surface area contributed by atoms with Crippen LogP contribution in [-0.4, -0.2) is 26.9 Å². The lowest BCUT2D eigenvalue weighted by Crippen LogP contribution is -2.33. The zero-order valence-corrected chi connectivity index (χ0v) is 18.2. The van der Waals surface area contributed by atoms with Crippen LogP contribution in [0, 0.1) is 5.41 Å². The number of aromatic nitrogens is 2. The maximum Gasteiger partial charge on any atom is 0.341 e. The Balaban J connectivity index is 1.84. The molecule has 0 radical (unpaired) electrons. The minimum Gasteiger partial charge on any atom is -0.487 e. The van der Waals surface area contributed by atoms with Crippen LogP contribution in [0.3, 0.4) is 0 Å². The van der Waals surface area contributed by atoms with Crippen LogP contribution >= 0.6 is 0 Å². The van der Waals surface area contributed by atoms with Crippen LogP contribution in [0.4, 0.5) is 0 Å². The molecular formula is C25H24N2O5. The summed E-state index contributed by atoms with van der Waals surface area (Å²) in [6.45, 7) is 6.48. The Bertz CT molecular complexity index is 1260. The summed E-state index contributed by atoms with van der Waals surface area (Å²) >= 11 is 0. The van der Waals surface area contributed by atoms with Gasteiger partial charge < -0.3 is 14.4 Å². The fourth-order valence-electron chi connectivity index (χ4n) is 4.05. The smallest absolute Gasteiger partial charge is 0.341 e. The Labute approximate surface area is 185 Å². The number of carboxylic acid groups (broad SMARTS) is 1. The minimum absolute atomic E-state index is 0.116. The van der Waals surface area contributed by atoms with E-state index in [0.717, 1.165) is 11.1 Å². The van der Waals surface area contributed by atoms with Crippen molar-refractivity contribution >= 4 is 12.3 Å². The quantitative estimate of drug-likeness (QED) is 0.609. The van der Waals surface area contributed by atoms with Gasteiger partial charge in [0.25, 0.3) is 0 Å². The van der Waals surface area contributed by atoms with E-state index in [1.165, 1.54) is 12.3 Å². The molecule has 0 saturated carbocycles. The van der Waals surface area contributed by atoms with Crippen molar-refractivity contribution in [2.75, 3.05) is 0 Å². The average molecular weight is 432 g/mol. The molecule has 0 spiro atoms. The van der Waals surface area contributed by atoms with Crippen molar-refractivity contribution in [3.63, 3.8) is 0 Å². The molecule has 32 heavy (non-hydrogen) atoms. The van der Waals surface area contributed by atoms with Crippen LogP contribution in [0.5, 0.6) is 5.75 Å². The first-order valence-electron chi connectivity index (χ1n) is 10.3. The van der Waals surface area contributed by atoms with Crippen molar-refractivity contribution in [2.24, 2.45) is 5.41 Å². The summed E-state index contributed by atoms with van der Waals surface area (Å²) in [5.74, 6) is -0.886. The summed E-state index contributed by atoms with van der Waals surface area (Å²) in [7, 11) is 0. The predicted molar refractivity (Wildman–Crippen MR) is 119 cm³/mol. The van der Waals surface area contributed by atoms with Gasteiger partial charge in [-0.25, -0.2) is 9.78 Å². The molecule has 7 heteroatoms. The summed E-state index contributed by atoms with van der Waals surface area (Å²) < 4.78 is 7.73. The summed E-state index contributed by atoms with van der Waals surface area (Å²) in [5.41, 5.74) is 1.83. The van der Waals surface area contributed by atoms with Gasteiger partial charge in [0.05, 0.1) is 11.4 Å². The second kappa shape index (κ2) is 8.07. The van der Waals surface area contributed by atoms with Gasteiger partial charge in [0.2, 0.25) is 0 Å². The van der Waals surface area contributed by atoms with Crippen LogP contribution < -0.4 is 10.2 Å². The zero-order valence-electron chi connectivity index (χ0n) is 18.2. The van der Waals surface area contributed by atoms with E-state index < -0.39 is 11.4 Å². The van der Waals surface area contributed by atoms with Gasteiger partial charge in [-0.2, -0.15) is 0 Å². The Hall–Kier alpha value is -3.74. The number of carboxylic acids is 1. The first-order valence-corrected chi connectivity index (χ1v) is 10.3. The van der Waals surface area contributed by atoms with Crippen molar-refractivity contribution in [3.05, 3.63) is 81.3 Å². The van der Waals surface area contributed by atoms with Crippen LogP contribution in [0.1, 0.15) is 58.8 Å². The van der Waals surface area contributed by atoms with E-state index in [0.29, 0.717) is 36.5 Å². The lowest BCUT2D eigenvalue weighted by atomic mass is 9.79. The number of ether oxygens (including phenoxy) is 1. The maximum atomic E-state index is 12.5. The topological polar surface area (TPSA) is 98.5 Å². The molecule has 164 valence electrons. The molecule has 1 aromatic carbocycles. The van der Waals surface area contributed by atoms with Crippen molar-refractivity contribution in [2.45, 2.75) is 39.8 Å². The molecule has 1 aliphatic heterocycles. The predicted octanol–water partition coefficient (Wildman–Crippen LogP) is 4.14. The third kappa shape index (κ3) is 3.93. The van der Waals surface area contributed by atoms with E-state index in [1.807, 2.05) is 36.4 Å². The summed E-state index contributed by atoms with van der Waals surface area (Å²) in [5, 5.41) is 9.43. The van der Waals surface area contributed by atoms with Crippen LogP contribution in [0.15, 0.2) is 53.5 Å². The number of carbonyl (C=O) groups is 2. The largest absolute Gasteiger partial charge is 0.487 e. The van der Waals surface area contributed by atoms with Gasteiger partial charge in [-0.3, -0.25) is 9.59 Å². The third-order valence-corrected chi connectivity index (χ3v) is 5.74. The fraction of sp³-hybridized carbons (Fsp3) is 0.280. The van der Waals surface area contributed by atoms with Crippen molar-refractivity contribution in [1.82, 2.24) is 9.55 Å². The SMILES string of the molecule is CC(C)(C)C1Cc2cc(OCc3ccccc3)c(C=O)nc2-c2cc(=O)c(C(=O)O)cn21. The second-order valence-corrected chi connectivity index (χ2v) is 9.01. The molecule has 1 N–H and O–H groups in total. The normalized spacial score (nSPS) is 14.9. The van der Waals surface area contributed by atoms with Gasteiger partial charge >= 0.3 is 5.97 Å². The Kier molecular flexibility index (Phi) is 5.42. The summed E-state index contributed by atoms with van der Waals surface area (Å²) in [6.07, 6.45) is 2.58. The molecular weight excluding hydrogens is 408 g/mol. The number of carbonyl (C=O) groups excluding carboxylic acids is 1. The molecule has 1 unspecified atom stereocenters. The highest BCUT2D eigenvalue weighted by atomic mass is 16.5. The first-order chi connectivity index (χ1) is 15.2.